The van der Waals surface area contributed by atoms with Crippen molar-refractivity contribution in [2.45, 2.75) is 6.92 Å². The van der Waals surface area contributed by atoms with E-state index in [-0.39, 0.29) is 0 Å². The minimum Gasteiger partial charge on any atom is -0.376 e. The fourth-order valence-corrected chi connectivity index (χ4v) is 1.69. The van der Waals surface area contributed by atoms with E-state index in [4.69, 9.17) is 0 Å². The molecule has 16 heavy (non-hydrogen) atoms. The molecule has 1 aromatic carbocycles. The maximum atomic E-state index is 4.41. The average molecular weight is 214 g/mol. The molecule has 2 aromatic rings. The largest absolute Gasteiger partial charge is 0.376 e. The molecule has 0 fully saturated rings. The molecule has 1 aromatic heterocycles. The van der Waals surface area contributed by atoms with E-state index in [0.717, 1.165) is 11.4 Å². The Kier molecular flexibility index (Phi) is 2.86. The molecule has 82 valence electrons. The number of benzene rings is 1. The molecule has 2 rings (SSSR count). The maximum Gasteiger partial charge on any atom is 0.238 e. The van der Waals surface area contributed by atoms with Gasteiger partial charge in [0.1, 0.15) is 6.20 Å². The van der Waals surface area contributed by atoms with Gasteiger partial charge in [0.05, 0.1) is 5.69 Å². The molecule has 3 heteroatoms. The van der Waals surface area contributed by atoms with Crippen LogP contribution in [0.3, 0.4) is 0 Å². The van der Waals surface area contributed by atoms with Crippen LogP contribution in [0.5, 0.6) is 0 Å². The fourth-order valence-electron chi connectivity index (χ4n) is 1.69. The van der Waals surface area contributed by atoms with E-state index >= 15 is 0 Å². The van der Waals surface area contributed by atoms with Crippen LogP contribution in [-0.4, -0.2) is 19.2 Å². The second-order valence-corrected chi connectivity index (χ2v) is 4.02. The Labute approximate surface area is 96.0 Å². The first-order chi connectivity index (χ1) is 7.68. The number of anilines is 1. The lowest BCUT2D eigenvalue weighted by Crippen LogP contribution is -2.35. The predicted octanol–water partition coefficient (Wildman–Crippen LogP) is 1.73. The van der Waals surface area contributed by atoms with E-state index < -0.39 is 0 Å². The highest BCUT2D eigenvalue weighted by Crippen LogP contribution is 2.13. The summed E-state index contributed by atoms with van der Waals surface area (Å²) < 4.78 is 1.89. The first-order valence-corrected chi connectivity index (χ1v) is 5.30. The van der Waals surface area contributed by atoms with Crippen LogP contribution in [0.1, 0.15) is 5.56 Å². The highest BCUT2D eigenvalue weighted by molar-refractivity contribution is 5.47. The third-order valence-electron chi connectivity index (χ3n) is 2.53. The molecule has 0 aliphatic rings. The topological polar surface area (TPSA) is 20.0 Å². The summed E-state index contributed by atoms with van der Waals surface area (Å²) in [6.45, 7) is 2.09. The van der Waals surface area contributed by atoms with E-state index in [1.54, 1.807) is 0 Å². The number of aromatic nitrogens is 2. The van der Waals surface area contributed by atoms with Gasteiger partial charge in [-0.25, -0.2) is 0 Å². The van der Waals surface area contributed by atoms with Gasteiger partial charge in [0.25, 0.3) is 0 Å². The van der Waals surface area contributed by atoms with E-state index in [0.29, 0.717) is 0 Å². The summed E-state index contributed by atoms with van der Waals surface area (Å²) in [5.41, 5.74) is 3.44. The molecule has 1 heterocycles. The van der Waals surface area contributed by atoms with E-state index in [9.17, 15) is 0 Å². The number of hydrogen-bond acceptors (Lipinski definition) is 2. The molecule has 0 aliphatic carbocycles. The molecule has 0 amide bonds. The van der Waals surface area contributed by atoms with Crippen LogP contribution < -0.4 is 9.58 Å². The molecule has 0 unspecified atom stereocenters. The summed E-state index contributed by atoms with van der Waals surface area (Å²) in [5.74, 6) is 0. The molecule has 0 radical (unpaired) electrons. The third kappa shape index (κ3) is 2.03. The second kappa shape index (κ2) is 4.31. The van der Waals surface area contributed by atoms with Gasteiger partial charge in [-0.15, -0.1) is 0 Å². The highest BCUT2D eigenvalue weighted by Gasteiger charge is 2.11. The standard InChI is InChI=1S/C13H16N3/c1-11-10-16(12-7-5-4-6-8-12)14-9-13(11)15(2)3/h4-10H,1-3H3/q+1. The lowest BCUT2D eigenvalue weighted by molar-refractivity contribution is -0.660. The predicted molar refractivity (Wildman–Crippen MR) is 64.8 cm³/mol. The van der Waals surface area contributed by atoms with Crippen LogP contribution in [0.4, 0.5) is 5.69 Å². The van der Waals surface area contributed by atoms with Gasteiger partial charge in [-0.05, 0) is 12.0 Å². The van der Waals surface area contributed by atoms with Gasteiger partial charge in [-0.2, -0.15) is 0 Å². The van der Waals surface area contributed by atoms with Gasteiger partial charge in [0.2, 0.25) is 11.9 Å². The van der Waals surface area contributed by atoms with Crippen molar-refractivity contribution in [1.82, 2.24) is 5.10 Å². The number of nitrogens with zero attached hydrogens (tertiary/aromatic N) is 3. The Bertz CT molecular complexity index is 478. The van der Waals surface area contributed by atoms with Crippen molar-refractivity contribution in [2.75, 3.05) is 19.0 Å². The molecule has 0 saturated heterocycles. The van der Waals surface area contributed by atoms with Crippen LogP contribution in [0, 0.1) is 6.92 Å². The van der Waals surface area contributed by atoms with Gasteiger partial charge < -0.3 is 4.90 Å². The summed E-state index contributed by atoms with van der Waals surface area (Å²) in [6, 6.07) is 10.1. The van der Waals surface area contributed by atoms with E-state index in [1.165, 1.54) is 5.56 Å². The Morgan fingerprint density at radius 2 is 1.81 bits per heavy atom. The lowest BCUT2D eigenvalue weighted by Gasteiger charge is -2.12. The maximum absolute atomic E-state index is 4.41. The van der Waals surface area contributed by atoms with Gasteiger partial charge in [-0.3, -0.25) is 0 Å². The molecular weight excluding hydrogens is 198 g/mol. The summed E-state index contributed by atoms with van der Waals surface area (Å²) >= 11 is 0. The molecule has 0 bridgehead atoms. The summed E-state index contributed by atoms with van der Waals surface area (Å²) in [4.78, 5) is 2.07. The van der Waals surface area contributed by atoms with Gasteiger partial charge in [0.15, 0.2) is 0 Å². The number of para-hydroxylation sites is 1. The van der Waals surface area contributed by atoms with Crippen LogP contribution in [0.25, 0.3) is 5.69 Å². The van der Waals surface area contributed by atoms with Crippen molar-refractivity contribution in [2.24, 2.45) is 0 Å². The van der Waals surface area contributed by atoms with Crippen LogP contribution in [-0.2, 0) is 0 Å². The normalized spacial score (nSPS) is 10.2. The molecule has 0 aliphatic heterocycles. The molecule has 0 saturated carbocycles. The van der Waals surface area contributed by atoms with Crippen molar-refractivity contribution >= 4 is 5.69 Å². The summed E-state index contributed by atoms with van der Waals surface area (Å²) in [6.07, 6.45) is 3.94. The minimum absolute atomic E-state index is 1.08. The first-order valence-electron chi connectivity index (χ1n) is 5.30. The van der Waals surface area contributed by atoms with Crippen molar-refractivity contribution in [3.05, 3.63) is 48.3 Å². The Morgan fingerprint density at radius 1 is 1.12 bits per heavy atom. The molecule has 0 N–H and O–H groups in total. The minimum atomic E-state index is 1.08. The smallest absolute Gasteiger partial charge is 0.238 e. The Morgan fingerprint density at radius 3 is 2.38 bits per heavy atom. The SMILES string of the molecule is Cc1c[n+](-c2ccccc2)ncc1N(C)C. The fraction of sp³-hybridized carbons (Fsp3) is 0.231. The quantitative estimate of drug-likeness (QED) is 0.709. The summed E-state index contributed by atoms with van der Waals surface area (Å²) in [5, 5.41) is 4.41. The monoisotopic (exact) mass is 214 g/mol. The van der Waals surface area contributed by atoms with Crippen molar-refractivity contribution in [1.29, 1.82) is 0 Å². The van der Waals surface area contributed by atoms with Crippen LogP contribution in [0.15, 0.2) is 42.7 Å². The number of hydrogen-bond donors (Lipinski definition) is 0. The Hall–Kier alpha value is -1.90. The zero-order chi connectivity index (χ0) is 11.5. The zero-order valence-corrected chi connectivity index (χ0v) is 9.88. The first kappa shape index (κ1) is 10.6. The average Bonchev–Trinajstić information content (AvgIpc) is 2.29. The Balaban J connectivity index is 2.43. The molecule has 3 nitrogen and oxygen atoms in total. The van der Waals surface area contributed by atoms with Gasteiger partial charge in [-0.1, -0.05) is 22.9 Å². The number of aryl methyl sites for hydroxylation is 1. The van der Waals surface area contributed by atoms with E-state index in [2.05, 4.69) is 16.9 Å². The van der Waals surface area contributed by atoms with Crippen LogP contribution in [0.2, 0.25) is 0 Å². The van der Waals surface area contributed by atoms with E-state index in [1.807, 2.05) is 61.5 Å². The van der Waals surface area contributed by atoms with Gasteiger partial charge in [0, 0.05) is 31.8 Å². The summed E-state index contributed by atoms with van der Waals surface area (Å²) in [7, 11) is 4.05. The number of rotatable bonds is 2. The molecule has 0 spiro atoms. The van der Waals surface area contributed by atoms with Crippen molar-refractivity contribution < 1.29 is 4.68 Å². The van der Waals surface area contributed by atoms with Crippen molar-refractivity contribution in [3.63, 3.8) is 0 Å². The van der Waals surface area contributed by atoms with Crippen molar-refractivity contribution in [3.8, 4) is 5.69 Å². The highest BCUT2D eigenvalue weighted by atomic mass is 15.3. The zero-order valence-electron chi connectivity index (χ0n) is 9.88. The lowest BCUT2D eigenvalue weighted by atomic mass is 10.2. The van der Waals surface area contributed by atoms with Crippen LogP contribution >= 0.6 is 0 Å². The molecular formula is C13H16N3+. The third-order valence-corrected chi connectivity index (χ3v) is 2.53. The van der Waals surface area contributed by atoms with Gasteiger partial charge >= 0.3 is 0 Å². The molecule has 0 atom stereocenters. The second-order valence-electron chi connectivity index (χ2n) is 4.02.